The van der Waals surface area contributed by atoms with Gasteiger partial charge >= 0.3 is 0 Å². The fourth-order valence-corrected chi connectivity index (χ4v) is 3.30. The number of carbonyl (C=O) groups is 1. The molecule has 0 saturated carbocycles. The van der Waals surface area contributed by atoms with Gasteiger partial charge in [-0.2, -0.15) is 5.10 Å². The summed E-state index contributed by atoms with van der Waals surface area (Å²) in [4.78, 5) is 23.4. The van der Waals surface area contributed by atoms with Crippen molar-refractivity contribution in [1.29, 1.82) is 0 Å². The van der Waals surface area contributed by atoms with Crippen LogP contribution in [0.25, 0.3) is 0 Å². The Morgan fingerprint density at radius 3 is 2.87 bits per heavy atom. The molecule has 2 aromatic rings. The van der Waals surface area contributed by atoms with Gasteiger partial charge in [-0.3, -0.25) is 19.4 Å². The summed E-state index contributed by atoms with van der Waals surface area (Å²) in [5.41, 5.74) is 3.95. The first-order valence-corrected chi connectivity index (χ1v) is 8.11. The van der Waals surface area contributed by atoms with Crippen LogP contribution in [0, 0.1) is 13.8 Å². The van der Waals surface area contributed by atoms with Gasteiger partial charge in [0.05, 0.1) is 29.3 Å². The third kappa shape index (κ3) is 3.41. The van der Waals surface area contributed by atoms with E-state index in [-0.39, 0.29) is 11.9 Å². The molecule has 0 aliphatic carbocycles. The SMILES string of the molecule is Cc1cncc([C@@H]2CCCN2C(=O)CCc2cn(C)nc2C)n1. The fourth-order valence-electron chi connectivity index (χ4n) is 3.30. The Balaban J connectivity index is 1.67. The second-order valence-electron chi connectivity index (χ2n) is 6.24. The van der Waals surface area contributed by atoms with Gasteiger partial charge in [-0.25, -0.2) is 0 Å². The molecule has 1 aliphatic rings. The van der Waals surface area contributed by atoms with E-state index < -0.39 is 0 Å². The molecular weight excluding hydrogens is 290 g/mol. The minimum Gasteiger partial charge on any atom is -0.334 e. The van der Waals surface area contributed by atoms with Crippen molar-refractivity contribution in [2.45, 2.75) is 45.6 Å². The van der Waals surface area contributed by atoms with Crippen LogP contribution in [-0.4, -0.2) is 37.1 Å². The lowest BCUT2D eigenvalue weighted by molar-refractivity contribution is -0.132. The van der Waals surface area contributed by atoms with Crippen molar-refractivity contribution in [2.75, 3.05) is 6.54 Å². The molecule has 1 fully saturated rings. The predicted molar refractivity (Wildman–Crippen MR) is 86.7 cm³/mol. The highest BCUT2D eigenvalue weighted by Crippen LogP contribution is 2.31. The number of hydrogen-bond acceptors (Lipinski definition) is 4. The van der Waals surface area contributed by atoms with E-state index in [1.807, 2.05) is 32.0 Å². The van der Waals surface area contributed by atoms with Gasteiger partial charge < -0.3 is 4.90 Å². The molecule has 23 heavy (non-hydrogen) atoms. The van der Waals surface area contributed by atoms with E-state index in [9.17, 15) is 4.79 Å². The average molecular weight is 313 g/mol. The van der Waals surface area contributed by atoms with Gasteiger partial charge in [-0.05, 0) is 38.7 Å². The van der Waals surface area contributed by atoms with Crippen LogP contribution in [0.4, 0.5) is 0 Å². The first-order chi connectivity index (χ1) is 11.0. The number of nitrogens with zero attached hydrogens (tertiary/aromatic N) is 5. The molecule has 1 amide bonds. The number of rotatable bonds is 4. The van der Waals surface area contributed by atoms with Gasteiger partial charge in [-0.1, -0.05) is 0 Å². The first-order valence-electron chi connectivity index (χ1n) is 8.11. The summed E-state index contributed by atoms with van der Waals surface area (Å²) in [7, 11) is 1.91. The lowest BCUT2D eigenvalue weighted by Crippen LogP contribution is -2.31. The number of likely N-dealkylation sites (tertiary alicyclic amines) is 1. The van der Waals surface area contributed by atoms with E-state index in [4.69, 9.17) is 0 Å². The molecule has 0 unspecified atom stereocenters. The normalized spacial score (nSPS) is 17.7. The zero-order valence-electron chi connectivity index (χ0n) is 14.0. The maximum absolute atomic E-state index is 12.7. The van der Waals surface area contributed by atoms with E-state index in [2.05, 4.69) is 15.1 Å². The quantitative estimate of drug-likeness (QED) is 0.867. The third-order valence-corrected chi connectivity index (χ3v) is 4.41. The zero-order chi connectivity index (χ0) is 16.4. The van der Waals surface area contributed by atoms with E-state index in [0.717, 1.165) is 48.5 Å². The van der Waals surface area contributed by atoms with Crippen molar-refractivity contribution in [3.8, 4) is 0 Å². The standard InChI is InChI=1S/C17H23N5O/c1-12-9-18-10-15(19-12)16-5-4-8-22(16)17(23)7-6-14-11-21(3)20-13(14)2/h9-11,16H,4-8H2,1-3H3/t16-/m0/s1. The van der Waals surface area contributed by atoms with Crippen LogP contribution >= 0.6 is 0 Å². The highest BCUT2D eigenvalue weighted by Gasteiger charge is 2.30. The molecule has 0 N–H and O–H groups in total. The van der Waals surface area contributed by atoms with Crippen LogP contribution in [0.3, 0.4) is 0 Å². The molecule has 2 aromatic heterocycles. The topological polar surface area (TPSA) is 63.9 Å². The summed E-state index contributed by atoms with van der Waals surface area (Å²) in [6.07, 6.45) is 8.78. The molecule has 1 atom stereocenters. The minimum absolute atomic E-state index is 0.0740. The van der Waals surface area contributed by atoms with Crippen LogP contribution in [-0.2, 0) is 18.3 Å². The Kier molecular flexibility index (Phi) is 4.41. The highest BCUT2D eigenvalue weighted by molar-refractivity contribution is 5.77. The number of carbonyl (C=O) groups excluding carboxylic acids is 1. The van der Waals surface area contributed by atoms with Gasteiger partial charge in [0.25, 0.3) is 0 Å². The Morgan fingerprint density at radius 2 is 2.17 bits per heavy atom. The maximum Gasteiger partial charge on any atom is 0.223 e. The second-order valence-corrected chi connectivity index (χ2v) is 6.24. The summed E-state index contributed by atoms with van der Waals surface area (Å²) in [5.74, 6) is 0.194. The van der Waals surface area contributed by atoms with Crippen molar-refractivity contribution in [3.63, 3.8) is 0 Å². The highest BCUT2D eigenvalue weighted by atomic mass is 16.2. The van der Waals surface area contributed by atoms with Crippen LogP contribution in [0.5, 0.6) is 0 Å². The maximum atomic E-state index is 12.7. The van der Waals surface area contributed by atoms with Crippen LogP contribution < -0.4 is 0 Å². The minimum atomic E-state index is 0.0740. The zero-order valence-corrected chi connectivity index (χ0v) is 14.0. The molecular formula is C17H23N5O. The smallest absolute Gasteiger partial charge is 0.223 e. The van der Waals surface area contributed by atoms with Crippen LogP contribution in [0.15, 0.2) is 18.6 Å². The number of amides is 1. The fraction of sp³-hybridized carbons (Fsp3) is 0.529. The lowest BCUT2D eigenvalue weighted by atomic mass is 10.1. The summed E-state index contributed by atoms with van der Waals surface area (Å²) in [5, 5.41) is 4.33. The summed E-state index contributed by atoms with van der Waals surface area (Å²) < 4.78 is 1.80. The average Bonchev–Trinajstić information content (AvgIpc) is 3.11. The van der Waals surface area contributed by atoms with Gasteiger partial charge in [0.2, 0.25) is 5.91 Å². The molecule has 1 saturated heterocycles. The van der Waals surface area contributed by atoms with E-state index in [1.165, 1.54) is 0 Å². The van der Waals surface area contributed by atoms with Crippen molar-refractivity contribution >= 4 is 5.91 Å². The number of hydrogen-bond donors (Lipinski definition) is 0. The predicted octanol–water partition coefficient (Wildman–Crippen LogP) is 2.12. The Bertz CT molecular complexity index is 709. The molecule has 3 rings (SSSR count). The largest absolute Gasteiger partial charge is 0.334 e. The lowest BCUT2D eigenvalue weighted by Gasteiger charge is -2.24. The molecule has 1 aliphatic heterocycles. The summed E-state index contributed by atoms with van der Waals surface area (Å²) in [6, 6.07) is 0.0740. The van der Waals surface area contributed by atoms with Gasteiger partial charge in [0, 0.05) is 32.4 Å². The van der Waals surface area contributed by atoms with Crippen LogP contribution in [0.2, 0.25) is 0 Å². The van der Waals surface area contributed by atoms with Gasteiger partial charge in [-0.15, -0.1) is 0 Å². The Labute approximate surface area is 136 Å². The second kappa shape index (κ2) is 6.48. The number of aryl methyl sites for hydroxylation is 4. The van der Waals surface area contributed by atoms with Gasteiger partial charge in [0.1, 0.15) is 0 Å². The summed E-state index contributed by atoms with van der Waals surface area (Å²) >= 11 is 0. The molecule has 6 nitrogen and oxygen atoms in total. The third-order valence-electron chi connectivity index (χ3n) is 4.41. The Morgan fingerprint density at radius 1 is 1.35 bits per heavy atom. The first kappa shape index (κ1) is 15.6. The molecule has 122 valence electrons. The number of aromatic nitrogens is 4. The Hall–Kier alpha value is -2.24. The van der Waals surface area contributed by atoms with Crippen molar-refractivity contribution in [2.24, 2.45) is 7.05 Å². The monoisotopic (exact) mass is 313 g/mol. The van der Waals surface area contributed by atoms with E-state index in [0.29, 0.717) is 6.42 Å². The van der Waals surface area contributed by atoms with E-state index >= 15 is 0 Å². The van der Waals surface area contributed by atoms with Crippen molar-refractivity contribution in [3.05, 3.63) is 41.2 Å². The molecule has 0 spiro atoms. The molecule has 3 heterocycles. The molecule has 0 aromatic carbocycles. The van der Waals surface area contributed by atoms with Crippen LogP contribution in [0.1, 0.15) is 47.9 Å². The summed E-state index contributed by atoms with van der Waals surface area (Å²) in [6.45, 7) is 4.73. The van der Waals surface area contributed by atoms with Gasteiger partial charge in [0.15, 0.2) is 0 Å². The molecule has 6 heteroatoms. The van der Waals surface area contributed by atoms with Crippen molar-refractivity contribution in [1.82, 2.24) is 24.6 Å². The molecule has 0 bridgehead atoms. The van der Waals surface area contributed by atoms with Crippen molar-refractivity contribution < 1.29 is 4.79 Å². The van der Waals surface area contributed by atoms with E-state index in [1.54, 1.807) is 17.1 Å². The molecule has 0 radical (unpaired) electrons.